The van der Waals surface area contributed by atoms with Gasteiger partial charge in [0.1, 0.15) is 6.10 Å². The number of hydrogen-bond acceptors (Lipinski definition) is 3. The second kappa shape index (κ2) is 5.13. The number of ether oxygens (including phenoxy) is 2. The molecule has 3 nitrogen and oxygen atoms in total. The van der Waals surface area contributed by atoms with Crippen LogP contribution in [0.3, 0.4) is 0 Å². The van der Waals surface area contributed by atoms with Gasteiger partial charge in [0.15, 0.2) is 29.0 Å². The third kappa shape index (κ3) is 2.30. The number of aliphatic hydroxyl groups is 1. The van der Waals surface area contributed by atoms with E-state index in [1.165, 1.54) is 12.1 Å². The van der Waals surface area contributed by atoms with Crippen molar-refractivity contribution in [1.82, 2.24) is 0 Å². The molecule has 1 heterocycles. The van der Waals surface area contributed by atoms with Gasteiger partial charge in [-0.25, -0.2) is 13.2 Å². The lowest BCUT2D eigenvalue weighted by molar-refractivity contribution is 0.173. The SMILES string of the molecule is OC(c1cc(Cl)c2c(c1)OCO2)c1ccc(F)c(F)c1F. The first-order chi connectivity index (χ1) is 9.99. The standard InChI is InChI=1S/C14H8ClF3O3/c15-8-3-6(4-10-14(8)21-5-20-10)13(19)7-1-2-9(16)12(18)11(7)17/h1-4,13,19H,5H2. The average molecular weight is 317 g/mol. The molecule has 1 aliphatic heterocycles. The van der Waals surface area contributed by atoms with Gasteiger partial charge in [-0.3, -0.25) is 0 Å². The first kappa shape index (κ1) is 14.0. The normalized spacial score (nSPS) is 14.3. The summed E-state index contributed by atoms with van der Waals surface area (Å²) in [5.74, 6) is -3.81. The molecule has 0 aromatic heterocycles. The van der Waals surface area contributed by atoms with Crippen LogP contribution in [0.2, 0.25) is 5.02 Å². The van der Waals surface area contributed by atoms with E-state index in [2.05, 4.69) is 0 Å². The van der Waals surface area contributed by atoms with E-state index in [9.17, 15) is 18.3 Å². The van der Waals surface area contributed by atoms with Crippen LogP contribution in [0.1, 0.15) is 17.2 Å². The summed E-state index contributed by atoms with van der Waals surface area (Å²) in [6.07, 6.45) is -1.52. The monoisotopic (exact) mass is 316 g/mol. The van der Waals surface area contributed by atoms with Gasteiger partial charge < -0.3 is 14.6 Å². The second-order valence-electron chi connectivity index (χ2n) is 4.40. The summed E-state index contributed by atoms with van der Waals surface area (Å²) >= 11 is 5.96. The highest BCUT2D eigenvalue weighted by Gasteiger charge is 2.24. The number of aliphatic hydroxyl groups excluding tert-OH is 1. The topological polar surface area (TPSA) is 38.7 Å². The minimum absolute atomic E-state index is 0.0197. The molecule has 110 valence electrons. The van der Waals surface area contributed by atoms with E-state index >= 15 is 0 Å². The lowest BCUT2D eigenvalue weighted by atomic mass is 10.00. The zero-order valence-corrected chi connectivity index (χ0v) is 11.1. The van der Waals surface area contributed by atoms with Crippen molar-refractivity contribution in [1.29, 1.82) is 0 Å². The zero-order valence-electron chi connectivity index (χ0n) is 10.4. The van der Waals surface area contributed by atoms with Crippen molar-refractivity contribution in [3.8, 4) is 11.5 Å². The molecule has 1 N–H and O–H groups in total. The number of fused-ring (bicyclic) bond motifs is 1. The third-order valence-electron chi connectivity index (χ3n) is 3.12. The van der Waals surface area contributed by atoms with E-state index in [4.69, 9.17) is 21.1 Å². The Hall–Kier alpha value is -1.92. The Balaban J connectivity index is 2.05. The Morgan fingerprint density at radius 1 is 1.10 bits per heavy atom. The Kier molecular flexibility index (Phi) is 3.43. The van der Waals surface area contributed by atoms with Gasteiger partial charge in [0.05, 0.1) is 5.02 Å². The van der Waals surface area contributed by atoms with Gasteiger partial charge in [0, 0.05) is 5.56 Å². The third-order valence-corrected chi connectivity index (χ3v) is 3.41. The average Bonchev–Trinajstić information content (AvgIpc) is 2.93. The van der Waals surface area contributed by atoms with Crippen molar-refractivity contribution in [2.75, 3.05) is 6.79 Å². The van der Waals surface area contributed by atoms with Crippen LogP contribution in [0.15, 0.2) is 24.3 Å². The van der Waals surface area contributed by atoms with E-state index < -0.39 is 29.1 Å². The molecule has 7 heteroatoms. The summed E-state index contributed by atoms with van der Waals surface area (Å²) in [5, 5.41) is 10.3. The molecule has 0 aliphatic carbocycles. The molecule has 2 aromatic carbocycles. The Bertz CT molecular complexity index is 721. The molecule has 21 heavy (non-hydrogen) atoms. The minimum Gasteiger partial charge on any atom is -0.454 e. The maximum absolute atomic E-state index is 13.7. The largest absolute Gasteiger partial charge is 0.454 e. The minimum atomic E-state index is -1.64. The highest BCUT2D eigenvalue weighted by atomic mass is 35.5. The quantitative estimate of drug-likeness (QED) is 0.861. The molecule has 0 spiro atoms. The maximum Gasteiger partial charge on any atom is 0.231 e. The lowest BCUT2D eigenvalue weighted by Crippen LogP contribution is -2.06. The molecule has 0 radical (unpaired) electrons. The van der Waals surface area contributed by atoms with Crippen molar-refractivity contribution in [2.45, 2.75) is 6.10 Å². The first-order valence-electron chi connectivity index (χ1n) is 5.89. The van der Waals surface area contributed by atoms with Crippen LogP contribution in [0, 0.1) is 17.5 Å². The Labute approximate surface area is 122 Å². The van der Waals surface area contributed by atoms with Crippen LogP contribution >= 0.6 is 11.6 Å². The number of benzene rings is 2. The molecule has 0 bridgehead atoms. The van der Waals surface area contributed by atoms with E-state index in [0.717, 1.165) is 12.1 Å². The van der Waals surface area contributed by atoms with E-state index in [1.807, 2.05) is 0 Å². The summed E-state index contributed by atoms with van der Waals surface area (Å²) in [6, 6.07) is 4.46. The van der Waals surface area contributed by atoms with Crippen molar-refractivity contribution < 1.29 is 27.8 Å². The summed E-state index contributed by atoms with van der Waals surface area (Å²) < 4.78 is 50.1. The van der Waals surface area contributed by atoms with Gasteiger partial charge in [-0.1, -0.05) is 17.7 Å². The van der Waals surface area contributed by atoms with Crippen molar-refractivity contribution in [3.63, 3.8) is 0 Å². The van der Waals surface area contributed by atoms with Gasteiger partial charge in [-0.15, -0.1) is 0 Å². The molecular formula is C14H8ClF3O3. The number of hydrogen-bond donors (Lipinski definition) is 1. The molecule has 0 fully saturated rings. The molecule has 0 saturated heterocycles. The maximum atomic E-state index is 13.7. The lowest BCUT2D eigenvalue weighted by Gasteiger charge is -2.14. The summed E-state index contributed by atoms with van der Waals surface area (Å²) in [5.41, 5.74) is -0.224. The van der Waals surface area contributed by atoms with Crippen LogP contribution in [-0.4, -0.2) is 11.9 Å². The second-order valence-corrected chi connectivity index (χ2v) is 4.81. The molecule has 0 amide bonds. The highest BCUT2D eigenvalue weighted by molar-refractivity contribution is 6.32. The Morgan fingerprint density at radius 2 is 1.86 bits per heavy atom. The van der Waals surface area contributed by atoms with Gasteiger partial charge >= 0.3 is 0 Å². The van der Waals surface area contributed by atoms with Crippen molar-refractivity contribution >= 4 is 11.6 Å². The summed E-state index contributed by atoms with van der Waals surface area (Å²) in [6.45, 7) is -0.0197. The van der Waals surface area contributed by atoms with Crippen LogP contribution in [0.25, 0.3) is 0 Å². The predicted octanol–water partition coefficient (Wildman–Crippen LogP) is 3.57. The summed E-state index contributed by atoms with van der Waals surface area (Å²) in [7, 11) is 0. The van der Waals surface area contributed by atoms with Gasteiger partial charge in [0.25, 0.3) is 0 Å². The number of rotatable bonds is 2. The molecule has 1 unspecified atom stereocenters. The van der Waals surface area contributed by atoms with Gasteiger partial charge in [-0.2, -0.15) is 0 Å². The number of halogens is 4. The van der Waals surface area contributed by atoms with Crippen LogP contribution in [0.4, 0.5) is 13.2 Å². The molecule has 1 atom stereocenters. The van der Waals surface area contributed by atoms with E-state index in [0.29, 0.717) is 11.5 Å². The fourth-order valence-electron chi connectivity index (χ4n) is 2.08. The van der Waals surface area contributed by atoms with E-state index in [-0.39, 0.29) is 17.4 Å². The zero-order chi connectivity index (χ0) is 15.1. The highest BCUT2D eigenvalue weighted by Crippen LogP contribution is 2.42. The fraction of sp³-hybridized carbons (Fsp3) is 0.143. The fourth-order valence-corrected chi connectivity index (χ4v) is 2.35. The van der Waals surface area contributed by atoms with Crippen LogP contribution < -0.4 is 9.47 Å². The van der Waals surface area contributed by atoms with Crippen molar-refractivity contribution in [2.24, 2.45) is 0 Å². The first-order valence-corrected chi connectivity index (χ1v) is 6.27. The molecule has 0 saturated carbocycles. The molecular weight excluding hydrogens is 309 g/mol. The molecule has 3 rings (SSSR count). The molecule has 2 aromatic rings. The Morgan fingerprint density at radius 3 is 2.62 bits per heavy atom. The van der Waals surface area contributed by atoms with Gasteiger partial charge in [0.2, 0.25) is 6.79 Å². The van der Waals surface area contributed by atoms with Crippen LogP contribution in [0.5, 0.6) is 11.5 Å². The van der Waals surface area contributed by atoms with Gasteiger partial charge in [-0.05, 0) is 23.8 Å². The van der Waals surface area contributed by atoms with Crippen LogP contribution in [-0.2, 0) is 0 Å². The smallest absolute Gasteiger partial charge is 0.231 e. The predicted molar refractivity (Wildman–Crippen MR) is 68.0 cm³/mol. The van der Waals surface area contributed by atoms with Crippen molar-refractivity contribution in [3.05, 3.63) is 57.9 Å². The summed E-state index contributed by atoms with van der Waals surface area (Å²) in [4.78, 5) is 0. The molecule has 1 aliphatic rings. The van der Waals surface area contributed by atoms with E-state index in [1.54, 1.807) is 0 Å².